The van der Waals surface area contributed by atoms with Gasteiger partial charge in [-0.3, -0.25) is 4.79 Å². The summed E-state index contributed by atoms with van der Waals surface area (Å²) in [6.07, 6.45) is -0.719. The minimum atomic E-state index is -0.719. The number of hydrogen-bond donors (Lipinski definition) is 0. The van der Waals surface area contributed by atoms with Crippen LogP contribution in [0.25, 0.3) is 10.9 Å². The van der Waals surface area contributed by atoms with Gasteiger partial charge in [-0.25, -0.2) is 9.36 Å². The second kappa shape index (κ2) is 5.85. The van der Waals surface area contributed by atoms with Crippen LogP contribution in [0.1, 0.15) is 18.1 Å². The molecule has 0 radical (unpaired) electrons. The maximum absolute atomic E-state index is 12.1. The zero-order valence-electron chi connectivity index (χ0n) is 11.1. The third-order valence-electron chi connectivity index (χ3n) is 2.98. The fraction of sp³-hybridized carbons (Fsp3) is 0.286. The monoisotopic (exact) mass is 313 g/mol. The van der Waals surface area contributed by atoms with Crippen molar-refractivity contribution in [3.8, 4) is 0 Å². The Hall–Kier alpha value is -1.52. The number of benzene rings is 1. The van der Waals surface area contributed by atoms with Crippen molar-refractivity contribution in [3.05, 3.63) is 44.7 Å². The van der Waals surface area contributed by atoms with Crippen molar-refractivity contribution in [1.29, 1.82) is 0 Å². The van der Waals surface area contributed by atoms with Crippen LogP contribution in [0.2, 0.25) is 5.02 Å². The molecule has 1 aromatic heterocycles. The molecule has 6 heteroatoms. The summed E-state index contributed by atoms with van der Waals surface area (Å²) in [5.41, 5.74) is 1.43. The van der Waals surface area contributed by atoms with Crippen LogP contribution < -0.4 is 5.56 Å². The Morgan fingerprint density at radius 2 is 2.05 bits per heavy atom. The van der Waals surface area contributed by atoms with Gasteiger partial charge in [-0.15, -0.1) is 11.6 Å². The molecule has 1 heterocycles. The minimum Gasteiger partial charge on any atom is -0.449 e. The van der Waals surface area contributed by atoms with Crippen LogP contribution in [0.4, 0.5) is 4.79 Å². The quantitative estimate of drug-likeness (QED) is 0.794. The molecule has 0 bridgehead atoms. The Labute approximate surface area is 125 Å². The number of carbonyl (C=O) groups is 1. The molecule has 20 heavy (non-hydrogen) atoms. The lowest BCUT2D eigenvalue weighted by Crippen LogP contribution is -2.28. The number of halogens is 2. The summed E-state index contributed by atoms with van der Waals surface area (Å²) in [4.78, 5) is 24.0. The van der Waals surface area contributed by atoms with Crippen LogP contribution >= 0.6 is 23.2 Å². The van der Waals surface area contributed by atoms with Crippen molar-refractivity contribution >= 4 is 40.2 Å². The summed E-state index contributed by atoms with van der Waals surface area (Å²) in [5.74, 6) is 0.177. The Morgan fingerprint density at radius 1 is 1.35 bits per heavy atom. The lowest BCUT2D eigenvalue weighted by molar-refractivity contribution is 0.154. The summed E-state index contributed by atoms with van der Waals surface area (Å²) in [6.45, 7) is 3.71. The Bertz CT molecular complexity index is 737. The zero-order chi connectivity index (χ0) is 14.9. The van der Waals surface area contributed by atoms with Crippen LogP contribution in [0.5, 0.6) is 0 Å². The van der Waals surface area contributed by atoms with Gasteiger partial charge < -0.3 is 4.74 Å². The van der Waals surface area contributed by atoms with E-state index < -0.39 is 11.7 Å². The van der Waals surface area contributed by atoms with Gasteiger partial charge in [-0.05, 0) is 37.1 Å². The van der Waals surface area contributed by atoms with E-state index in [4.69, 9.17) is 27.9 Å². The van der Waals surface area contributed by atoms with Crippen molar-refractivity contribution in [2.45, 2.75) is 19.7 Å². The van der Waals surface area contributed by atoms with Crippen molar-refractivity contribution in [1.82, 2.24) is 4.57 Å². The van der Waals surface area contributed by atoms with E-state index >= 15 is 0 Å². The average Bonchev–Trinajstić information content (AvgIpc) is 2.40. The van der Waals surface area contributed by atoms with E-state index in [2.05, 4.69) is 0 Å². The van der Waals surface area contributed by atoms with Gasteiger partial charge in [0.05, 0.1) is 12.1 Å². The predicted molar refractivity (Wildman–Crippen MR) is 79.9 cm³/mol. The van der Waals surface area contributed by atoms with Crippen molar-refractivity contribution in [3.63, 3.8) is 0 Å². The van der Waals surface area contributed by atoms with Crippen molar-refractivity contribution in [2.75, 3.05) is 6.61 Å². The molecule has 0 atom stereocenters. The van der Waals surface area contributed by atoms with Gasteiger partial charge in [0.2, 0.25) is 0 Å². The molecule has 0 fully saturated rings. The largest absolute Gasteiger partial charge is 0.449 e. The number of aromatic nitrogens is 1. The first-order valence-electron chi connectivity index (χ1n) is 6.07. The highest BCUT2D eigenvalue weighted by molar-refractivity contribution is 6.32. The first-order chi connectivity index (χ1) is 9.49. The number of fused-ring (bicyclic) bond motifs is 1. The van der Waals surface area contributed by atoms with Crippen LogP contribution in [0, 0.1) is 6.92 Å². The number of carbonyl (C=O) groups excluding carboxylic acids is 1. The predicted octanol–water partition coefficient (Wildman–Crippen LogP) is 3.71. The minimum absolute atomic E-state index is 0.177. The molecule has 0 aliphatic rings. The SMILES string of the molecule is CCOC(=O)n1c(=O)cc(CCl)c2cc(C)c(Cl)cc21. The summed E-state index contributed by atoms with van der Waals surface area (Å²) >= 11 is 12.0. The van der Waals surface area contributed by atoms with Crippen LogP contribution in [0.15, 0.2) is 23.0 Å². The van der Waals surface area contributed by atoms with Crippen molar-refractivity contribution in [2.24, 2.45) is 0 Å². The topological polar surface area (TPSA) is 48.3 Å². The van der Waals surface area contributed by atoms with Gasteiger partial charge in [-0.1, -0.05) is 11.6 Å². The van der Waals surface area contributed by atoms with Crippen LogP contribution in [-0.2, 0) is 10.6 Å². The number of alkyl halides is 1. The summed E-state index contributed by atoms with van der Waals surface area (Å²) < 4.78 is 5.88. The Balaban J connectivity index is 2.87. The molecule has 106 valence electrons. The fourth-order valence-electron chi connectivity index (χ4n) is 2.01. The molecule has 0 saturated carbocycles. The van der Waals surface area contributed by atoms with E-state index in [1.807, 2.05) is 13.0 Å². The molecule has 0 spiro atoms. The molecule has 0 unspecified atom stereocenters. The number of rotatable bonds is 2. The van der Waals surface area contributed by atoms with E-state index in [9.17, 15) is 9.59 Å². The summed E-state index contributed by atoms with van der Waals surface area (Å²) in [7, 11) is 0. The molecule has 0 N–H and O–H groups in total. The van der Waals surface area contributed by atoms with E-state index in [1.165, 1.54) is 6.07 Å². The molecule has 0 amide bonds. The number of ether oxygens (including phenoxy) is 1. The van der Waals surface area contributed by atoms with E-state index in [0.29, 0.717) is 16.1 Å². The third-order valence-corrected chi connectivity index (χ3v) is 3.67. The highest BCUT2D eigenvalue weighted by Crippen LogP contribution is 2.26. The van der Waals surface area contributed by atoms with Crippen molar-refractivity contribution < 1.29 is 9.53 Å². The summed E-state index contributed by atoms with van der Waals surface area (Å²) in [5, 5.41) is 1.19. The number of aryl methyl sites for hydroxylation is 1. The molecule has 0 saturated heterocycles. The van der Waals surface area contributed by atoms with Gasteiger partial charge in [-0.2, -0.15) is 0 Å². The maximum Gasteiger partial charge on any atom is 0.421 e. The van der Waals surface area contributed by atoms with Crippen LogP contribution in [-0.4, -0.2) is 17.3 Å². The molecule has 0 aliphatic carbocycles. The maximum atomic E-state index is 12.1. The lowest BCUT2D eigenvalue weighted by atomic mass is 10.1. The van der Waals surface area contributed by atoms with E-state index in [1.54, 1.807) is 13.0 Å². The van der Waals surface area contributed by atoms with Gasteiger partial charge >= 0.3 is 6.09 Å². The van der Waals surface area contributed by atoms with Crippen LogP contribution in [0.3, 0.4) is 0 Å². The second-order valence-electron chi connectivity index (χ2n) is 4.29. The first-order valence-corrected chi connectivity index (χ1v) is 6.98. The number of pyridine rings is 1. The molecule has 2 rings (SSSR count). The van der Waals surface area contributed by atoms with E-state index in [0.717, 1.165) is 15.5 Å². The Kier molecular flexibility index (Phi) is 4.35. The molecule has 0 aliphatic heterocycles. The van der Waals surface area contributed by atoms with Gasteiger partial charge in [0.15, 0.2) is 0 Å². The molecule has 1 aromatic carbocycles. The average molecular weight is 314 g/mol. The zero-order valence-corrected chi connectivity index (χ0v) is 12.6. The number of nitrogens with zero attached hydrogens (tertiary/aromatic N) is 1. The molecule has 2 aromatic rings. The summed E-state index contributed by atoms with van der Waals surface area (Å²) in [6, 6.07) is 4.74. The normalized spacial score (nSPS) is 10.8. The van der Waals surface area contributed by atoms with E-state index in [-0.39, 0.29) is 12.5 Å². The van der Waals surface area contributed by atoms with Gasteiger partial charge in [0, 0.05) is 22.4 Å². The molecule has 4 nitrogen and oxygen atoms in total. The highest BCUT2D eigenvalue weighted by Gasteiger charge is 2.16. The lowest BCUT2D eigenvalue weighted by Gasteiger charge is -2.12. The molecular weight excluding hydrogens is 301 g/mol. The van der Waals surface area contributed by atoms with Gasteiger partial charge in [0.1, 0.15) is 0 Å². The molecular formula is C14H13Cl2NO3. The smallest absolute Gasteiger partial charge is 0.421 e. The third kappa shape index (κ3) is 2.53. The highest BCUT2D eigenvalue weighted by atomic mass is 35.5. The second-order valence-corrected chi connectivity index (χ2v) is 4.97. The fourth-order valence-corrected chi connectivity index (χ4v) is 2.39. The van der Waals surface area contributed by atoms with Gasteiger partial charge in [0.25, 0.3) is 5.56 Å². The standard InChI is InChI=1S/C14H13Cl2NO3/c1-3-20-14(19)17-12-6-11(16)8(2)4-10(12)9(7-15)5-13(17)18/h4-6H,3,7H2,1-2H3. The first kappa shape index (κ1) is 14.9. The number of hydrogen-bond acceptors (Lipinski definition) is 3. The Morgan fingerprint density at radius 3 is 2.65 bits per heavy atom.